The molecule has 0 radical (unpaired) electrons. The Balaban J connectivity index is 2.61. The van der Waals surface area contributed by atoms with E-state index in [1.807, 2.05) is 13.8 Å². The second-order valence-corrected chi connectivity index (χ2v) is 4.27. The SMILES string of the molecule is C=C(C(O)C1CC1(C)C)C(F)(F)F. The number of aliphatic hydroxyl groups excluding tert-OH is 1. The van der Waals surface area contributed by atoms with Crippen LogP contribution in [0, 0.1) is 11.3 Å². The molecule has 1 saturated carbocycles. The zero-order valence-electron chi connectivity index (χ0n) is 7.65. The van der Waals surface area contributed by atoms with Gasteiger partial charge in [0.2, 0.25) is 0 Å². The van der Waals surface area contributed by atoms with Crippen LogP contribution in [-0.4, -0.2) is 17.4 Å². The van der Waals surface area contributed by atoms with Crippen molar-refractivity contribution < 1.29 is 18.3 Å². The lowest BCUT2D eigenvalue weighted by Gasteiger charge is -2.17. The third-order valence-electron chi connectivity index (χ3n) is 2.69. The van der Waals surface area contributed by atoms with Crippen LogP contribution in [0.1, 0.15) is 20.3 Å². The highest BCUT2D eigenvalue weighted by atomic mass is 19.4. The van der Waals surface area contributed by atoms with E-state index in [-0.39, 0.29) is 11.3 Å². The summed E-state index contributed by atoms with van der Waals surface area (Å²) in [5.41, 5.74) is -1.20. The largest absolute Gasteiger partial charge is 0.414 e. The Hall–Kier alpha value is -0.510. The fourth-order valence-corrected chi connectivity index (χ4v) is 1.46. The highest BCUT2D eigenvalue weighted by Crippen LogP contribution is 2.55. The lowest BCUT2D eigenvalue weighted by molar-refractivity contribution is -0.107. The van der Waals surface area contributed by atoms with Crippen LogP contribution in [0.5, 0.6) is 0 Å². The summed E-state index contributed by atoms with van der Waals surface area (Å²) in [7, 11) is 0. The Kier molecular flexibility index (Phi) is 2.23. The molecule has 0 bridgehead atoms. The number of halogens is 3. The van der Waals surface area contributed by atoms with Crippen LogP contribution >= 0.6 is 0 Å². The molecule has 1 fully saturated rings. The monoisotopic (exact) mass is 194 g/mol. The van der Waals surface area contributed by atoms with Gasteiger partial charge in [-0.3, -0.25) is 0 Å². The first-order valence-corrected chi connectivity index (χ1v) is 4.10. The molecule has 0 amide bonds. The van der Waals surface area contributed by atoms with Gasteiger partial charge in [0.15, 0.2) is 0 Å². The first-order valence-electron chi connectivity index (χ1n) is 4.10. The highest BCUT2D eigenvalue weighted by Gasteiger charge is 2.53. The van der Waals surface area contributed by atoms with Gasteiger partial charge in [-0.15, -0.1) is 0 Å². The molecule has 4 heteroatoms. The van der Waals surface area contributed by atoms with Crippen molar-refractivity contribution in [3.05, 3.63) is 12.2 Å². The van der Waals surface area contributed by atoms with Crippen molar-refractivity contribution in [3.63, 3.8) is 0 Å². The minimum atomic E-state index is -4.47. The van der Waals surface area contributed by atoms with Gasteiger partial charge in [0.05, 0.1) is 11.7 Å². The van der Waals surface area contributed by atoms with E-state index < -0.39 is 17.9 Å². The predicted octanol–water partition coefficient (Wildman–Crippen LogP) is 2.51. The zero-order chi connectivity index (χ0) is 10.4. The molecule has 1 nitrogen and oxygen atoms in total. The number of hydrogen-bond acceptors (Lipinski definition) is 1. The number of hydrogen-bond donors (Lipinski definition) is 1. The molecule has 2 atom stereocenters. The molecule has 76 valence electrons. The van der Waals surface area contributed by atoms with Gasteiger partial charge in [-0.25, -0.2) is 0 Å². The molecule has 1 aliphatic carbocycles. The second-order valence-electron chi connectivity index (χ2n) is 4.27. The van der Waals surface area contributed by atoms with Crippen molar-refractivity contribution in [1.29, 1.82) is 0 Å². The van der Waals surface area contributed by atoms with E-state index in [1.165, 1.54) is 0 Å². The molecular weight excluding hydrogens is 181 g/mol. The summed E-state index contributed by atoms with van der Waals surface area (Å²) in [6.07, 6.45) is -5.28. The van der Waals surface area contributed by atoms with Crippen LogP contribution in [0.15, 0.2) is 12.2 Å². The molecule has 2 unspecified atom stereocenters. The Bertz CT molecular complexity index is 230. The molecule has 1 aliphatic rings. The van der Waals surface area contributed by atoms with Crippen LogP contribution in [0.2, 0.25) is 0 Å². The van der Waals surface area contributed by atoms with E-state index in [0.29, 0.717) is 6.42 Å². The first-order chi connectivity index (χ1) is 5.66. The standard InChI is InChI=1S/C9H13F3O/c1-5(9(10,11)12)7(13)6-4-8(6,2)3/h6-7,13H,1,4H2,2-3H3. The van der Waals surface area contributed by atoms with Gasteiger partial charge >= 0.3 is 6.18 Å². The van der Waals surface area contributed by atoms with E-state index in [1.54, 1.807) is 0 Å². The average molecular weight is 194 g/mol. The molecule has 0 aliphatic heterocycles. The lowest BCUT2D eigenvalue weighted by atomic mass is 10.0. The maximum absolute atomic E-state index is 12.1. The van der Waals surface area contributed by atoms with E-state index in [9.17, 15) is 18.3 Å². The number of aliphatic hydroxyl groups is 1. The highest BCUT2D eigenvalue weighted by molar-refractivity contribution is 5.16. The van der Waals surface area contributed by atoms with Crippen molar-refractivity contribution in [2.24, 2.45) is 11.3 Å². The smallest absolute Gasteiger partial charge is 0.388 e. The van der Waals surface area contributed by atoms with Crippen molar-refractivity contribution in [1.82, 2.24) is 0 Å². The maximum Gasteiger partial charge on any atom is 0.414 e. The normalized spacial score (nSPS) is 28.3. The topological polar surface area (TPSA) is 20.2 Å². The van der Waals surface area contributed by atoms with E-state index in [2.05, 4.69) is 6.58 Å². The van der Waals surface area contributed by atoms with Crippen LogP contribution in [0.4, 0.5) is 13.2 Å². The minimum Gasteiger partial charge on any atom is -0.388 e. The molecule has 0 saturated heterocycles. The number of alkyl halides is 3. The van der Waals surface area contributed by atoms with Gasteiger partial charge in [-0.05, 0) is 17.8 Å². The van der Waals surface area contributed by atoms with Gasteiger partial charge in [0.1, 0.15) is 0 Å². The summed E-state index contributed by atoms with van der Waals surface area (Å²) in [5, 5.41) is 9.31. The first kappa shape index (κ1) is 10.6. The molecule has 1 N–H and O–H groups in total. The third kappa shape index (κ3) is 2.05. The molecule has 0 spiro atoms. The van der Waals surface area contributed by atoms with Crippen molar-refractivity contribution in [2.75, 3.05) is 0 Å². The Morgan fingerprint density at radius 3 is 2.15 bits per heavy atom. The summed E-state index contributed by atoms with van der Waals surface area (Å²) in [5.74, 6) is -0.290. The molecule has 1 rings (SSSR count). The molecule has 0 aromatic heterocycles. The van der Waals surface area contributed by atoms with Gasteiger partial charge in [0, 0.05) is 0 Å². The Labute approximate surface area is 75.3 Å². The molecule has 0 heterocycles. The van der Waals surface area contributed by atoms with Crippen LogP contribution in [0.25, 0.3) is 0 Å². The van der Waals surface area contributed by atoms with E-state index in [0.717, 1.165) is 0 Å². The molecule has 0 aromatic rings. The average Bonchev–Trinajstić information content (AvgIpc) is 2.55. The fourth-order valence-electron chi connectivity index (χ4n) is 1.46. The predicted molar refractivity (Wildman–Crippen MR) is 43.1 cm³/mol. The van der Waals surface area contributed by atoms with Gasteiger partial charge in [-0.1, -0.05) is 20.4 Å². The zero-order valence-corrected chi connectivity index (χ0v) is 7.65. The van der Waals surface area contributed by atoms with E-state index in [4.69, 9.17) is 0 Å². The van der Waals surface area contributed by atoms with Gasteiger partial charge in [0.25, 0.3) is 0 Å². The van der Waals surface area contributed by atoms with Gasteiger partial charge in [-0.2, -0.15) is 13.2 Å². The summed E-state index contributed by atoms with van der Waals surface area (Å²) >= 11 is 0. The Morgan fingerprint density at radius 1 is 1.54 bits per heavy atom. The Morgan fingerprint density at radius 2 is 1.92 bits per heavy atom. The fraction of sp³-hybridized carbons (Fsp3) is 0.778. The molecule has 0 aromatic carbocycles. The quantitative estimate of drug-likeness (QED) is 0.669. The molecule has 13 heavy (non-hydrogen) atoms. The molecular formula is C9H13F3O. The minimum absolute atomic E-state index is 0.173. The summed E-state index contributed by atoms with van der Waals surface area (Å²) in [6, 6.07) is 0. The van der Waals surface area contributed by atoms with Crippen LogP contribution < -0.4 is 0 Å². The summed E-state index contributed by atoms with van der Waals surface area (Å²) in [6.45, 7) is 6.55. The van der Waals surface area contributed by atoms with Crippen molar-refractivity contribution in [2.45, 2.75) is 32.5 Å². The third-order valence-corrected chi connectivity index (χ3v) is 2.69. The van der Waals surface area contributed by atoms with E-state index >= 15 is 0 Å². The lowest BCUT2D eigenvalue weighted by Crippen LogP contribution is -2.26. The second kappa shape index (κ2) is 2.74. The van der Waals surface area contributed by atoms with Crippen molar-refractivity contribution >= 4 is 0 Å². The summed E-state index contributed by atoms with van der Waals surface area (Å²) in [4.78, 5) is 0. The maximum atomic E-state index is 12.1. The van der Waals surface area contributed by atoms with Gasteiger partial charge < -0.3 is 5.11 Å². The van der Waals surface area contributed by atoms with Crippen molar-refractivity contribution in [3.8, 4) is 0 Å². The van der Waals surface area contributed by atoms with Crippen LogP contribution in [0.3, 0.4) is 0 Å². The van der Waals surface area contributed by atoms with Crippen LogP contribution in [-0.2, 0) is 0 Å². The summed E-state index contributed by atoms with van der Waals surface area (Å²) < 4.78 is 36.2. The number of rotatable bonds is 2.